The minimum absolute atomic E-state index is 0.319. The van der Waals surface area contributed by atoms with Gasteiger partial charge in [0.15, 0.2) is 5.13 Å². The largest absolute Gasteiger partial charge is 0.488 e. The van der Waals surface area contributed by atoms with Crippen LogP contribution in [0, 0.1) is 0 Å². The highest BCUT2D eigenvalue weighted by molar-refractivity contribution is 7.14. The molecule has 3 rings (SSSR count). The Bertz CT molecular complexity index is 912. The molecular formula is C19H15F2N3O2S. The molecule has 3 aromatic rings. The van der Waals surface area contributed by atoms with E-state index in [1.165, 1.54) is 17.4 Å². The van der Waals surface area contributed by atoms with Crippen LogP contribution in [0.25, 0.3) is 17.3 Å². The highest BCUT2D eigenvalue weighted by atomic mass is 32.1. The lowest BCUT2D eigenvalue weighted by Crippen LogP contribution is -2.07. The molecule has 0 aliphatic carbocycles. The topological polar surface area (TPSA) is 64.1 Å². The number of thiazole rings is 1. The number of carbonyl (C=O) groups is 1. The van der Waals surface area contributed by atoms with Crippen LogP contribution in [-0.4, -0.2) is 28.9 Å². The first-order valence-electron chi connectivity index (χ1n) is 7.96. The lowest BCUT2D eigenvalue weighted by molar-refractivity contribution is -0.111. The lowest BCUT2D eigenvalue weighted by Gasteiger charge is -2.05. The van der Waals surface area contributed by atoms with Gasteiger partial charge in [-0.3, -0.25) is 15.1 Å². The first-order chi connectivity index (χ1) is 13.1. The van der Waals surface area contributed by atoms with Crippen molar-refractivity contribution in [3.8, 4) is 17.0 Å². The number of halogens is 2. The number of nitrogens with zero attached hydrogens (tertiary/aromatic N) is 2. The molecule has 1 N–H and O–H groups in total. The predicted molar refractivity (Wildman–Crippen MR) is 101 cm³/mol. The summed E-state index contributed by atoms with van der Waals surface area (Å²) in [4.78, 5) is 20.4. The summed E-state index contributed by atoms with van der Waals surface area (Å²) < 4.78 is 29.1. The van der Waals surface area contributed by atoms with E-state index >= 15 is 0 Å². The fourth-order valence-electron chi connectivity index (χ4n) is 2.13. The van der Waals surface area contributed by atoms with Gasteiger partial charge in [-0.25, -0.2) is 13.8 Å². The van der Waals surface area contributed by atoms with Gasteiger partial charge in [0.2, 0.25) is 5.91 Å². The smallest absolute Gasteiger partial charge is 0.272 e. The monoisotopic (exact) mass is 387 g/mol. The number of rotatable bonds is 7. The van der Waals surface area contributed by atoms with Crippen molar-refractivity contribution in [2.75, 3.05) is 11.9 Å². The van der Waals surface area contributed by atoms with Crippen LogP contribution in [0.4, 0.5) is 13.9 Å². The van der Waals surface area contributed by atoms with Crippen molar-refractivity contribution in [1.82, 2.24) is 9.97 Å². The molecule has 1 amide bonds. The van der Waals surface area contributed by atoms with Crippen LogP contribution in [0.2, 0.25) is 0 Å². The van der Waals surface area contributed by atoms with E-state index in [1.54, 1.807) is 42.7 Å². The summed E-state index contributed by atoms with van der Waals surface area (Å²) in [6.07, 6.45) is 3.86. The number of alkyl halides is 2. The molecule has 27 heavy (non-hydrogen) atoms. The normalized spacial score (nSPS) is 11.1. The van der Waals surface area contributed by atoms with Gasteiger partial charge in [-0.15, -0.1) is 11.3 Å². The van der Waals surface area contributed by atoms with Gasteiger partial charge in [0.05, 0.1) is 5.69 Å². The maximum atomic E-state index is 12.1. The Labute approximate surface area is 158 Å². The maximum absolute atomic E-state index is 12.1. The van der Waals surface area contributed by atoms with Crippen LogP contribution in [0.1, 0.15) is 5.56 Å². The molecule has 5 nitrogen and oxygen atoms in total. The summed E-state index contributed by atoms with van der Waals surface area (Å²) in [6.45, 7) is -0.646. The Hall–Kier alpha value is -3.13. The molecule has 0 radical (unpaired) electrons. The average molecular weight is 387 g/mol. The third-order valence-electron chi connectivity index (χ3n) is 3.37. The number of nitrogens with one attached hydrogen (secondary N) is 1. The molecule has 0 unspecified atom stereocenters. The van der Waals surface area contributed by atoms with Crippen LogP contribution < -0.4 is 10.1 Å². The van der Waals surface area contributed by atoms with E-state index in [-0.39, 0.29) is 5.91 Å². The van der Waals surface area contributed by atoms with Gasteiger partial charge in [-0.1, -0.05) is 12.1 Å². The molecule has 2 heterocycles. The molecule has 0 bridgehead atoms. The van der Waals surface area contributed by atoms with Crippen LogP contribution in [0.3, 0.4) is 0 Å². The van der Waals surface area contributed by atoms with Gasteiger partial charge >= 0.3 is 0 Å². The van der Waals surface area contributed by atoms with E-state index in [1.807, 2.05) is 17.5 Å². The van der Waals surface area contributed by atoms with Crippen molar-refractivity contribution < 1.29 is 18.3 Å². The number of benzene rings is 1. The molecular weight excluding hydrogens is 372 g/mol. The molecule has 138 valence electrons. The first kappa shape index (κ1) is 18.7. The molecule has 0 spiro atoms. The minimum Gasteiger partial charge on any atom is -0.488 e. The van der Waals surface area contributed by atoms with Gasteiger partial charge < -0.3 is 4.74 Å². The third-order valence-corrected chi connectivity index (χ3v) is 4.13. The van der Waals surface area contributed by atoms with Crippen molar-refractivity contribution >= 4 is 28.5 Å². The standard InChI is InChI=1S/C19H15F2N3O2S/c20-17(21)11-26-15-6-3-13(4-7-15)5-8-18(25)24-19-23-16(12-27-19)14-2-1-9-22-10-14/h1-10,12,17H,11H2,(H,23,24,25)/b8-5+. The van der Waals surface area contributed by atoms with E-state index in [9.17, 15) is 13.6 Å². The lowest BCUT2D eigenvalue weighted by atomic mass is 10.2. The fourth-order valence-corrected chi connectivity index (χ4v) is 2.85. The number of aromatic nitrogens is 2. The molecule has 0 atom stereocenters. The quantitative estimate of drug-likeness (QED) is 0.606. The minimum atomic E-state index is -2.52. The highest BCUT2D eigenvalue weighted by Crippen LogP contribution is 2.24. The Kier molecular flexibility index (Phi) is 6.22. The first-order valence-corrected chi connectivity index (χ1v) is 8.84. The molecule has 0 saturated heterocycles. The molecule has 0 fully saturated rings. The van der Waals surface area contributed by atoms with Crippen LogP contribution in [0.15, 0.2) is 60.2 Å². The van der Waals surface area contributed by atoms with Crippen LogP contribution in [0.5, 0.6) is 5.75 Å². The zero-order valence-corrected chi connectivity index (χ0v) is 14.8. The number of amides is 1. The number of carbonyl (C=O) groups excluding carboxylic acids is 1. The van der Waals surface area contributed by atoms with E-state index in [0.717, 1.165) is 16.8 Å². The number of anilines is 1. The molecule has 0 aliphatic heterocycles. The average Bonchev–Trinajstić information content (AvgIpc) is 3.14. The molecule has 0 aliphatic rings. The second kappa shape index (κ2) is 9.00. The Morgan fingerprint density at radius 3 is 2.78 bits per heavy atom. The number of pyridine rings is 1. The van der Waals surface area contributed by atoms with E-state index < -0.39 is 13.0 Å². The fraction of sp³-hybridized carbons (Fsp3) is 0.105. The zero-order chi connectivity index (χ0) is 19.1. The van der Waals surface area contributed by atoms with E-state index in [4.69, 9.17) is 4.74 Å². The summed E-state index contributed by atoms with van der Waals surface area (Å²) in [5, 5.41) is 5.03. The summed E-state index contributed by atoms with van der Waals surface area (Å²) in [6, 6.07) is 10.2. The van der Waals surface area contributed by atoms with Gasteiger partial charge in [0, 0.05) is 29.4 Å². The second-order valence-corrected chi connectivity index (χ2v) is 6.23. The van der Waals surface area contributed by atoms with Crippen molar-refractivity contribution in [3.05, 3.63) is 65.8 Å². The molecule has 8 heteroatoms. The van der Waals surface area contributed by atoms with Gasteiger partial charge in [0.1, 0.15) is 12.4 Å². The van der Waals surface area contributed by atoms with E-state index in [0.29, 0.717) is 10.9 Å². The number of ether oxygens (including phenoxy) is 1. The number of hydrogen-bond donors (Lipinski definition) is 1. The summed E-state index contributed by atoms with van der Waals surface area (Å²) >= 11 is 1.32. The SMILES string of the molecule is O=C(/C=C/c1ccc(OCC(F)F)cc1)Nc1nc(-c2cccnc2)cs1. The Morgan fingerprint density at radius 1 is 1.26 bits per heavy atom. The number of hydrogen-bond acceptors (Lipinski definition) is 5. The zero-order valence-electron chi connectivity index (χ0n) is 14.0. The molecule has 0 saturated carbocycles. The highest BCUT2D eigenvalue weighted by Gasteiger charge is 2.06. The van der Waals surface area contributed by atoms with Crippen molar-refractivity contribution in [2.45, 2.75) is 6.43 Å². The molecule has 1 aromatic carbocycles. The van der Waals surface area contributed by atoms with Gasteiger partial charge in [-0.2, -0.15) is 0 Å². The molecule has 2 aromatic heterocycles. The van der Waals surface area contributed by atoms with E-state index in [2.05, 4.69) is 15.3 Å². The van der Waals surface area contributed by atoms with Crippen molar-refractivity contribution in [2.24, 2.45) is 0 Å². The van der Waals surface area contributed by atoms with Gasteiger partial charge in [-0.05, 0) is 35.9 Å². The Morgan fingerprint density at radius 2 is 2.07 bits per heavy atom. The van der Waals surface area contributed by atoms with Crippen LogP contribution >= 0.6 is 11.3 Å². The summed E-state index contributed by atoms with van der Waals surface area (Å²) in [5.41, 5.74) is 2.36. The van der Waals surface area contributed by atoms with Crippen molar-refractivity contribution in [3.63, 3.8) is 0 Å². The third kappa shape index (κ3) is 5.68. The van der Waals surface area contributed by atoms with Gasteiger partial charge in [0.25, 0.3) is 6.43 Å². The van der Waals surface area contributed by atoms with Crippen molar-refractivity contribution in [1.29, 1.82) is 0 Å². The second-order valence-electron chi connectivity index (χ2n) is 5.37. The Balaban J connectivity index is 1.55. The summed E-state index contributed by atoms with van der Waals surface area (Å²) in [5.74, 6) is 0.0303. The van der Waals surface area contributed by atoms with Crippen LogP contribution in [-0.2, 0) is 4.79 Å². The predicted octanol–water partition coefficient (Wildman–Crippen LogP) is 4.50. The maximum Gasteiger partial charge on any atom is 0.272 e. The summed E-state index contributed by atoms with van der Waals surface area (Å²) in [7, 11) is 0.